The molecule has 122 valence electrons. The second kappa shape index (κ2) is 6.83. The number of aromatic nitrogens is 2. The van der Waals surface area contributed by atoms with Crippen molar-refractivity contribution in [1.29, 1.82) is 0 Å². The van der Waals surface area contributed by atoms with E-state index in [1.54, 1.807) is 19.6 Å². The summed E-state index contributed by atoms with van der Waals surface area (Å²) >= 11 is 0. The van der Waals surface area contributed by atoms with Crippen LogP contribution in [0.4, 0.5) is 0 Å². The molecule has 3 N–H and O–H groups in total. The fraction of sp³-hybridized carbons (Fsp3) is 0.412. The Hall–Kier alpha value is -2.34. The van der Waals surface area contributed by atoms with Gasteiger partial charge in [0.05, 0.1) is 18.9 Å². The highest BCUT2D eigenvalue weighted by Crippen LogP contribution is 2.29. The molecule has 0 spiro atoms. The van der Waals surface area contributed by atoms with Crippen molar-refractivity contribution in [2.24, 2.45) is 5.41 Å². The van der Waals surface area contributed by atoms with E-state index in [9.17, 15) is 4.79 Å². The molecule has 0 bridgehead atoms. The van der Waals surface area contributed by atoms with Crippen molar-refractivity contribution in [1.82, 2.24) is 20.6 Å². The van der Waals surface area contributed by atoms with Gasteiger partial charge in [0.15, 0.2) is 0 Å². The van der Waals surface area contributed by atoms with Crippen LogP contribution < -0.4 is 15.4 Å². The summed E-state index contributed by atoms with van der Waals surface area (Å²) in [6.07, 6.45) is 4.90. The lowest BCUT2D eigenvalue weighted by molar-refractivity contribution is -0.133. The van der Waals surface area contributed by atoms with Crippen LogP contribution in [0.3, 0.4) is 0 Å². The van der Waals surface area contributed by atoms with Crippen molar-refractivity contribution in [2.45, 2.75) is 12.8 Å². The third kappa shape index (κ3) is 3.53. The number of hydrogen-bond donors (Lipinski definition) is 3. The van der Waals surface area contributed by atoms with Gasteiger partial charge in [-0.1, -0.05) is 12.1 Å². The molecule has 0 unspecified atom stereocenters. The Labute approximate surface area is 135 Å². The Morgan fingerprint density at radius 1 is 1.43 bits per heavy atom. The van der Waals surface area contributed by atoms with Gasteiger partial charge in [0.1, 0.15) is 5.75 Å². The predicted molar refractivity (Wildman–Crippen MR) is 87.3 cm³/mol. The van der Waals surface area contributed by atoms with Crippen LogP contribution in [0, 0.1) is 5.41 Å². The van der Waals surface area contributed by atoms with Crippen LogP contribution in [-0.2, 0) is 17.6 Å². The predicted octanol–water partition coefficient (Wildman–Crippen LogP) is 0.909. The summed E-state index contributed by atoms with van der Waals surface area (Å²) in [5.74, 6) is 0.933. The van der Waals surface area contributed by atoms with Crippen LogP contribution in [0.2, 0.25) is 0 Å². The molecule has 1 aromatic heterocycles. The van der Waals surface area contributed by atoms with Crippen molar-refractivity contribution in [3.05, 3.63) is 48.0 Å². The van der Waals surface area contributed by atoms with Gasteiger partial charge in [-0.2, -0.15) is 0 Å². The van der Waals surface area contributed by atoms with Crippen LogP contribution >= 0.6 is 0 Å². The molecule has 1 aromatic carbocycles. The number of amides is 1. The van der Waals surface area contributed by atoms with Gasteiger partial charge in [-0.25, -0.2) is 4.98 Å². The zero-order chi connectivity index (χ0) is 16.1. The van der Waals surface area contributed by atoms with Crippen molar-refractivity contribution in [3.8, 4) is 5.75 Å². The quantitative estimate of drug-likeness (QED) is 0.710. The third-order valence-electron chi connectivity index (χ3n) is 4.32. The number of benzene rings is 1. The molecule has 0 atom stereocenters. The number of carbonyl (C=O) groups is 1. The Morgan fingerprint density at radius 3 is 2.96 bits per heavy atom. The molecular formula is C17H22N4O2. The minimum atomic E-state index is -0.361. The lowest BCUT2D eigenvalue weighted by atomic mass is 9.75. The second-order valence-corrected chi connectivity index (χ2v) is 5.99. The van der Waals surface area contributed by atoms with Crippen LogP contribution in [0.1, 0.15) is 11.3 Å². The first-order chi connectivity index (χ1) is 11.2. The Balaban J connectivity index is 1.59. The number of methoxy groups -OCH3 is 1. The number of nitrogens with one attached hydrogen (secondary N) is 3. The Morgan fingerprint density at radius 2 is 2.30 bits per heavy atom. The van der Waals surface area contributed by atoms with Crippen molar-refractivity contribution in [2.75, 3.05) is 26.7 Å². The van der Waals surface area contributed by atoms with Gasteiger partial charge in [-0.15, -0.1) is 0 Å². The maximum absolute atomic E-state index is 12.6. The zero-order valence-corrected chi connectivity index (χ0v) is 13.3. The molecule has 1 saturated heterocycles. The van der Waals surface area contributed by atoms with Gasteiger partial charge in [-0.05, 0) is 24.1 Å². The zero-order valence-electron chi connectivity index (χ0n) is 13.3. The molecular weight excluding hydrogens is 292 g/mol. The molecule has 0 aliphatic carbocycles. The summed E-state index contributed by atoms with van der Waals surface area (Å²) < 4.78 is 5.26. The summed E-state index contributed by atoms with van der Waals surface area (Å²) in [5, 5.41) is 6.28. The number of nitrogens with zero attached hydrogens (tertiary/aromatic N) is 1. The molecule has 1 fully saturated rings. The fourth-order valence-electron chi connectivity index (χ4n) is 2.89. The molecule has 1 aliphatic heterocycles. The van der Waals surface area contributed by atoms with Gasteiger partial charge < -0.3 is 20.4 Å². The van der Waals surface area contributed by atoms with E-state index in [4.69, 9.17) is 4.74 Å². The number of carbonyl (C=O) groups excluding carboxylic acids is 1. The van der Waals surface area contributed by atoms with Gasteiger partial charge in [0, 0.05) is 37.9 Å². The lowest BCUT2D eigenvalue weighted by Gasteiger charge is -2.41. The summed E-state index contributed by atoms with van der Waals surface area (Å²) in [7, 11) is 1.65. The summed E-state index contributed by atoms with van der Waals surface area (Å²) in [6.45, 7) is 2.03. The van der Waals surface area contributed by atoms with Crippen molar-refractivity contribution in [3.63, 3.8) is 0 Å². The Bertz CT molecular complexity index is 650. The van der Waals surface area contributed by atoms with Crippen molar-refractivity contribution < 1.29 is 9.53 Å². The molecule has 1 amide bonds. The van der Waals surface area contributed by atoms with E-state index < -0.39 is 0 Å². The SMILES string of the molecule is COc1cccc(CC2(C(=O)NCCc3cnc[nH]3)CNC2)c1. The van der Waals surface area contributed by atoms with E-state index in [0.717, 1.165) is 23.4 Å². The fourth-order valence-corrected chi connectivity index (χ4v) is 2.89. The summed E-state index contributed by atoms with van der Waals surface area (Å²) in [4.78, 5) is 19.6. The van der Waals surface area contributed by atoms with E-state index in [-0.39, 0.29) is 11.3 Å². The highest BCUT2D eigenvalue weighted by molar-refractivity contribution is 5.84. The monoisotopic (exact) mass is 314 g/mol. The highest BCUT2D eigenvalue weighted by Gasteiger charge is 2.44. The molecule has 6 heteroatoms. The van der Waals surface area contributed by atoms with E-state index in [2.05, 4.69) is 20.6 Å². The number of imidazole rings is 1. The third-order valence-corrected chi connectivity index (χ3v) is 4.32. The number of ether oxygens (including phenoxy) is 1. The van der Waals surface area contributed by atoms with Gasteiger partial charge in [0.2, 0.25) is 5.91 Å². The minimum absolute atomic E-state index is 0.110. The lowest BCUT2D eigenvalue weighted by Crippen LogP contribution is -2.62. The van der Waals surface area contributed by atoms with Crippen LogP contribution in [0.5, 0.6) is 5.75 Å². The normalized spacial score (nSPS) is 15.7. The van der Waals surface area contributed by atoms with Crippen molar-refractivity contribution >= 4 is 5.91 Å². The first kappa shape index (κ1) is 15.6. The van der Waals surface area contributed by atoms with Gasteiger partial charge in [-0.3, -0.25) is 4.79 Å². The van der Waals surface area contributed by atoms with Gasteiger partial charge >= 0.3 is 0 Å². The van der Waals surface area contributed by atoms with Gasteiger partial charge in [0.25, 0.3) is 0 Å². The van der Waals surface area contributed by atoms with E-state index in [1.807, 2.05) is 24.3 Å². The average molecular weight is 314 g/mol. The highest BCUT2D eigenvalue weighted by atomic mass is 16.5. The van der Waals surface area contributed by atoms with Crippen LogP contribution in [-0.4, -0.2) is 42.6 Å². The van der Waals surface area contributed by atoms with Crippen LogP contribution in [0.25, 0.3) is 0 Å². The maximum Gasteiger partial charge on any atom is 0.229 e. The molecule has 1 aliphatic rings. The number of H-pyrrole nitrogens is 1. The molecule has 2 heterocycles. The molecule has 0 saturated carbocycles. The number of rotatable bonds is 7. The topological polar surface area (TPSA) is 79.0 Å². The number of hydrogen-bond acceptors (Lipinski definition) is 4. The first-order valence-corrected chi connectivity index (χ1v) is 7.81. The summed E-state index contributed by atoms with van der Waals surface area (Å²) in [6, 6.07) is 7.92. The first-order valence-electron chi connectivity index (χ1n) is 7.81. The molecule has 23 heavy (non-hydrogen) atoms. The second-order valence-electron chi connectivity index (χ2n) is 5.99. The standard InChI is InChI=1S/C17H22N4O2/c1-23-15-4-2-3-13(7-15)8-17(10-19-11-17)16(22)20-6-5-14-9-18-12-21-14/h2-4,7,9,12,19H,5-6,8,10-11H2,1H3,(H,18,21)(H,20,22). The molecule has 2 aromatic rings. The van der Waals surface area contributed by atoms with Crippen LogP contribution in [0.15, 0.2) is 36.8 Å². The average Bonchev–Trinajstić information content (AvgIpc) is 3.04. The smallest absolute Gasteiger partial charge is 0.229 e. The Kier molecular flexibility index (Phi) is 4.62. The van der Waals surface area contributed by atoms with E-state index in [0.29, 0.717) is 26.1 Å². The van der Waals surface area contributed by atoms with E-state index >= 15 is 0 Å². The molecule has 6 nitrogen and oxygen atoms in total. The number of aromatic amines is 1. The molecule has 0 radical (unpaired) electrons. The molecule has 3 rings (SSSR count). The summed E-state index contributed by atoms with van der Waals surface area (Å²) in [5.41, 5.74) is 1.79. The maximum atomic E-state index is 12.6. The van der Waals surface area contributed by atoms with E-state index in [1.165, 1.54) is 0 Å². The largest absolute Gasteiger partial charge is 0.497 e. The minimum Gasteiger partial charge on any atom is -0.497 e.